The summed E-state index contributed by atoms with van der Waals surface area (Å²) < 4.78 is 0. The lowest BCUT2D eigenvalue weighted by atomic mass is 9.79. The predicted molar refractivity (Wildman–Crippen MR) is 72.8 cm³/mol. The zero-order chi connectivity index (χ0) is 14.5. The molecule has 0 radical (unpaired) electrons. The second-order valence-corrected chi connectivity index (χ2v) is 5.19. The van der Waals surface area contributed by atoms with Crippen molar-refractivity contribution in [3.8, 4) is 0 Å². The van der Waals surface area contributed by atoms with Gasteiger partial charge in [-0.15, -0.1) is 0 Å². The molecule has 0 aromatic heterocycles. The Hall–Kier alpha value is -1.30. The van der Waals surface area contributed by atoms with Gasteiger partial charge in [0.25, 0.3) is 0 Å². The Bertz CT molecular complexity index is 340. The first-order chi connectivity index (χ1) is 9.05. The number of rotatable bonds is 6. The third-order valence-corrected chi connectivity index (χ3v) is 4.32. The summed E-state index contributed by atoms with van der Waals surface area (Å²) in [5.74, 6) is 0.286. The zero-order valence-corrected chi connectivity index (χ0v) is 11.8. The van der Waals surface area contributed by atoms with E-state index in [9.17, 15) is 4.79 Å². The summed E-state index contributed by atoms with van der Waals surface area (Å²) in [5.41, 5.74) is 4.85. The van der Waals surface area contributed by atoms with Crippen LogP contribution < -0.4 is 5.73 Å². The second-order valence-electron chi connectivity index (χ2n) is 5.19. The highest BCUT2D eigenvalue weighted by Gasteiger charge is 2.44. The van der Waals surface area contributed by atoms with E-state index in [1.165, 1.54) is 0 Å². The Morgan fingerprint density at radius 3 is 2.58 bits per heavy atom. The molecule has 110 valence electrons. The van der Waals surface area contributed by atoms with E-state index in [1.54, 1.807) is 4.90 Å². The Labute approximate surface area is 114 Å². The fourth-order valence-electron chi connectivity index (χ4n) is 2.86. The molecule has 0 saturated carbocycles. The number of nitrogens with zero attached hydrogens (tertiary/aromatic N) is 2. The van der Waals surface area contributed by atoms with Crippen LogP contribution in [0.15, 0.2) is 5.16 Å². The lowest BCUT2D eigenvalue weighted by Crippen LogP contribution is -2.50. The van der Waals surface area contributed by atoms with Crippen molar-refractivity contribution in [3.05, 3.63) is 0 Å². The molecule has 1 aliphatic rings. The summed E-state index contributed by atoms with van der Waals surface area (Å²) in [6.07, 6.45) is 2.66. The number of amides is 1. The van der Waals surface area contributed by atoms with Crippen molar-refractivity contribution in [1.82, 2.24) is 4.90 Å². The molecule has 1 unspecified atom stereocenters. The van der Waals surface area contributed by atoms with Crippen LogP contribution in [0.5, 0.6) is 0 Å². The van der Waals surface area contributed by atoms with Gasteiger partial charge < -0.3 is 20.9 Å². The van der Waals surface area contributed by atoms with E-state index in [0.29, 0.717) is 31.8 Å². The quantitative estimate of drug-likeness (QED) is 0.287. The number of carbonyl (C=O) groups is 1. The normalized spacial score (nSPS) is 20.9. The van der Waals surface area contributed by atoms with Gasteiger partial charge in [0.05, 0.1) is 0 Å². The fraction of sp³-hybridized carbons (Fsp3) is 0.846. The maximum atomic E-state index is 12.7. The van der Waals surface area contributed by atoms with Crippen LogP contribution in [0.1, 0.15) is 39.5 Å². The van der Waals surface area contributed by atoms with Crippen LogP contribution in [0.4, 0.5) is 0 Å². The minimum Gasteiger partial charge on any atom is -0.409 e. The Morgan fingerprint density at radius 1 is 1.47 bits per heavy atom. The van der Waals surface area contributed by atoms with Gasteiger partial charge in [0.15, 0.2) is 5.84 Å². The number of hydrogen-bond acceptors (Lipinski definition) is 4. The smallest absolute Gasteiger partial charge is 0.236 e. The molecule has 0 aliphatic carbocycles. The molecule has 6 heteroatoms. The first-order valence-electron chi connectivity index (χ1n) is 6.93. The largest absolute Gasteiger partial charge is 0.409 e. The molecular formula is C13H25N3O3. The molecular weight excluding hydrogens is 246 g/mol. The maximum Gasteiger partial charge on any atom is 0.236 e. The van der Waals surface area contributed by atoms with Crippen molar-refractivity contribution in [2.24, 2.45) is 22.2 Å². The molecule has 0 aromatic carbocycles. The number of carbonyl (C=O) groups excluding carboxylic acids is 1. The third kappa shape index (κ3) is 3.00. The Balaban J connectivity index is 2.85. The predicted octanol–water partition coefficient (Wildman–Crippen LogP) is 0.770. The van der Waals surface area contributed by atoms with E-state index in [4.69, 9.17) is 16.0 Å². The molecule has 0 aromatic rings. The molecule has 1 saturated heterocycles. The van der Waals surface area contributed by atoms with Crippen molar-refractivity contribution in [1.29, 1.82) is 0 Å². The summed E-state index contributed by atoms with van der Waals surface area (Å²) in [6.45, 7) is 5.24. The second kappa shape index (κ2) is 6.75. The number of nitrogens with two attached hydrogens (primary N) is 1. The summed E-state index contributed by atoms with van der Waals surface area (Å²) in [7, 11) is 0. The minimum atomic E-state index is -0.900. The number of aliphatic hydroxyl groups excluding tert-OH is 1. The highest BCUT2D eigenvalue weighted by Crippen LogP contribution is 2.32. The lowest BCUT2D eigenvalue weighted by Gasteiger charge is -2.33. The molecule has 1 heterocycles. The molecule has 4 N–H and O–H groups in total. The average molecular weight is 271 g/mol. The molecule has 1 aliphatic heterocycles. The van der Waals surface area contributed by atoms with Gasteiger partial charge in [-0.2, -0.15) is 0 Å². The number of likely N-dealkylation sites (tertiary alicyclic amines) is 1. The molecule has 1 amide bonds. The summed E-state index contributed by atoms with van der Waals surface area (Å²) in [4.78, 5) is 14.5. The van der Waals surface area contributed by atoms with Crippen LogP contribution in [-0.2, 0) is 4.79 Å². The van der Waals surface area contributed by atoms with E-state index in [0.717, 1.165) is 12.8 Å². The first-order valence-corrected chi connectivity index (χ1v) is 6.93. The standard InChI is InChI=1S/C13H25N3O3/c1-3-13(4-2,11(14)15-19)12(18)16-7-5-10(9-16)6-8-17/h10,17,19H,3-9H2,1-2H3,(H2,14,15). The van der Waals surface area contributed by atoms with Crippen molar-refractivity contribution in [2.45, 2.75) is 39.5 Å². The van der Waals surface area contributed by atoms with Crippen LogP contribution in [0.25, 0.3) is 0 Å². The SMILES string of the molecule is CCC(CC)(C(=O)N1CCC(CCO)C1)C(N)=NO. The van der Waals surface area contributed by atoms with Crippen LogP contribution in [0.2, 0.25) is 0 Å². The minimum absolute atomic E-state index is 0.00638. The molecule has 0 spiro atoms. The molecule has 0 bridgehead atoms. The van der Waals surface area contributed by atoms with Gasteiger partial charge >= 0.3 is 0 Å². The van der Waals surface area contributed by atoms with Gasteiger partial charge in [-0.3, -0.25) is 4.79 Å². The highest BCUT2D eigenvalue weighted by atomic mass is 16.4. The van der Waals surface area contributed by atoms with Crippen molar-refractivity contribution in [3.63, 3.8) is 0 Å². The van der Waals surface area contributed by atoms with Crippen LogP contribution in [0, 0.1) is 11.3 Å². The van der Waals surface area contributed by atoms with Crippen LogP contribution in [-0.4, -0.2) is 46.7 Å². The van der Waals surface area contributed by atoms with Gasteiger partial charge in [-0.05, 0) is 31.6 Å². The van der Waals surface area contributed by atoms with Crippen LogP contribution in [0.3, 0.4) is 0 Å². The van der Waals surface area contributed by atoms with Gasteiger partial charge in [0.1, 0.15) is 5.41 Å². The van der Waals surface area contributed by atoms with Crippen molar-refractivity contribution < 1.29 is 15.1 Å². The van der Waals surface area contributed by atoms with E-state index in [2.05, 4.69) is 5.16 Å². The summed E-state index contributed by atoms with van der Waals surface area (Å²) in [5, 5.41) is 20.9. The number of amidine groups is 1. The monoisotopic (exact) mass is 271 g/mol. The topological polar surface area (TPSA) is 99.2 Å². The van der Waals surface area contributed by atoms with E-state index in [-0.39, 0.29) is 18.3 Å². The average Bonchev–Trinajstić information content (AvgIpc) is 2.89. The van der Waals surface area contributed by atoms with Crippen molar-refractivity contribution >= 4 is 11.7 Å². The number of aliphatic hydroxyl groups is 1. The number of oxime groups is 1. The maximum absolute atomic E-state index is 12.7. The Morgan fingerprint density at radius 2 is 2.11 bits per heavy atom. The van der Waals surface area contributed by atoms with Gasteiger partial charge in [-0.25, -0.2) is 0 Å². The molecule has 1 fully saturated rings. The molecule has 1 atom stereocenters. The number of hydrogen-bond donors (Lipinski definition) is 3. The van der Waals surface area contributed by atoms with E-state index < -0.39 is 5.41 Å². The fourth-order valence-corrected chi connectivity index (χ4v) is 2.86. The molecule has 6 nitrogen and oxygen atoms in total. The summed E-state index contributed by atoms with van der Waals surface area (Å²) >= 11 is 0. The molecule has 19 heavy (non-hydrogen) atoms. The molecule has 1 rings (SSSR count). The first kappa shape index (κ1) is 15.8. The van der Waals surface area contributed by atoms with Crippen molar-refractivity contribution in [2.75, 3.05) is 19.7 Å². The summed E-state index contributed by atoms with van der Waals surface area (Å²) in [6, 6.07) is 0. The van der Waals surface area contributed by atoms with Gasteiger partial charge in [-0.1, -0.05) is 19.0 Å². The Kier molecular flexibility index (Phi) is 5.60. The third-order valence-electron chi connectivity index (χ3n) is 4.32. The highest BCUT2D eigenvalue weighted by molar-refractivity contribution is 6.06. The zero-order valence-electron chi connectivity index (χ0n) is 11.8. The lowest BCUT2D eigenvalue weighted by molar-refractivity contribution is -0.137. The van der Waals surface area contributed by atoms with Crippen LogP contribution >= 0.6 is 0 Å². The van der Waals surface area contributed by atoms with Gasteiger partial charge in [0, 0.05) is 19.7 Å². The van der Waals surface area contributed by atoms with Gasteiger partial charge in [0.2, 0.25) is 5.91 Å². The van der Waals surface area contributed by atoms with E-state index >= 15 is 0 Å². The van der Waals surface area contributed by atoms with E-state index in [1.807, 2.05) is 13.8 Å².